The van der Waals surface area contributed by atoms with Crippen LogP contribution in [0.15, 0.2) is 66.1 Å². The highest BCUT2D eigenvalue weighted by atomic mass is 35.5. The molecule has 6 heterocycles. The molecule has 13 heteroatoms. The number of hydrogen-bond acceptors (Lipinski definition) is 9. The minimum Gasteiger partial charge on any atom is -0.368 e. The number of para-hydroxylation sites is 1. The highest BCUT2D eigenvalue weighted by molar-refractivity contribution is 6.33. The number of rotatable bonds is 4. The van der Waals surface area contributed by atoms with Crippen LogP contribution < -0.4 is 16.2 Å². The number of nitrogen functional groups attached to an aromatic ring is 1. The van der Waals surface area contributed by atoms with Crippen LogP contribution in [-0.4, -0.2) is 50.9 Å². The van der Waals surface area contributed by atoms with Crippen molar-refractivity contribution in [2.45, 2.75) is 19.4 Å². The van der Waals surface area contributed by atoms with E-state index in [-0.39, 0.29) is 23.5 Å². The monoisotopic (exact) mass is 539 g/mol. The van der Waals surface area contributed by atoms with Crippen LogP contribution >= 0.6 is 11.6 Å². The van der Waals surface area contributed by atoms with Crippen molar-refractivity contribution in [3.05, 3.63) is 82.5 Å². The van der Waals surface area contributed by atoms with Crippen molar-refractivity contribution in [3.63, 3.8) is 0 Å². The third-order valence-electron chi connectivity index (χ3n) is 7.20. The van der Waals surface area contributed by atoms with Gasteiger partial charge in [0.15, 0.2) is 11.5 Å². The SMILES string of the molecule is C[C@H]1CCN(c2ncnc3[nH]nc(-c4cnc(N)nc4)c23)[C@@H]1c1nn2ccc(Cl)c2c(=O)n1-c1ccccc1. The van der Waals surface area contributed by atoms with E-state index in [9.17, 15) is 4.79 Å². The van der Waals surface area contributed by atoms with Crippen molar-refractivity contribution in [1.29, 1.82) is 0 Å². The number of fused-ring (bicyclic) bond motifs is 2. The van der Waals surface area contributed by atoms with Gasteiger partial charge in [-0.1, -0.05) is 36.7 Å². The molecule has 0 unspecified atom stereocenters. The quantitative estimate of drug-likeness (QED) is 0.343. The Hall–Kier alpha value is -4.84. The molecule has 1 saturated heterocycles. The van der Waals surface area contributed by atoms with Crippen LogP contribution in [-0.2, 0) is 0 Å². The molecule has 1 aliphatic rings. The molecule has 7 rings (SSSR count). The van der Waals surface area contributed by atoms with Gasteiger partial charge in [0.2, 0.25) is 5.95 Å². The van der Waals surface area contributed by atoms with Crippen molar-refractivity contribution in [1.82, 2.24) is 44.3 Å². The average Bonchev–Trinajstić information content (AvgIpc) is 3.66. The fourth-order valence-electron chi connectivity index (χ4n) is 5.37. The van der Waals surface area contributed by atoms with Crippen LogP contribution in [0.3, 0.4) is 0 Å². The Bertz CT molecular complexity index is 1900. The van der Waals surface area contributed by atoms with Crippen molar-refractivity contribution in [3.8, 4) is 16.9 Å². The molecule has 5 aromatic heterocycles. The van der Waals surface area contributed by atoms with Crippen molar-refractivity contribution >= 4 is 39.9 Å². The number of nitrogens with zero attached hydrogens (tertiary/aromatic N) is 9. The van der Waals surface area contributed by atoms with E-state index in [0.29, 0.717) is 51.3 Å². The lowest BCUT2D eigenvalue weighted by Crippen LogP contribution is -2.34. The Morgan fingerprint density at radius 3 is 2.67 bits per heavy atom. The van der Waals surface area contributed by atoms with Gasteiger partial charge >= 0.3 is 0 Å². The maximum Gasteiger partial charge on any atom is 0.284 e. The zero-order valence-electron chi connectivity index (χ0n) is 20.7. The number of nitrogens with one attached hydrogen (secondary N) is 1. The first-order valence-electron chi connectivity index (χ1n) is 12.4. The molecule has 0 radical (unpaired) electrons. The number of aromatic nitrogens is 9. The lowest BCUT2D eigenvalue weighted by Gasteiger charge is -2.29. The summed E-state index contributed by atoms with van der Waals surface area (Å²) in [5.41, 5.74) is 8.37. The summed E-state index contributed by atoms with van der Waals surface area (Å²) in [5, 5.41) is 13.5. The van der Waals surface area contributed by atoms with E-state index in [0.717, 1.165) is 11.8 Å². The summed E-state index contributed by atoms with van der Waals surface area (Å²) in [6, 6.07) is 10.9. The molecule has 39 heavy (non-hydrogen) atoms. The van der Waals surface area contributed by atoms with Gasteiger partial charge < -0.3 is 10.6 Å². The van der Waals surface area contributed by atoms with Crippen LogP contribution in [0.2, 0.25) is 5.02 Å². The minimum absolute atomic E-state index is 0.149. The Balaban J connectivity index is 1.46. The van der Waals surface area contributed by atoms with Gasteiger partial charge in [-0.15, -0.1) is 0 Å². The maximum atomic E-state index is 13.9. The van der Waals surface area contributed by atoms with Crippen molar-refractivity contribution < 1.29 is 0 Å². The maximum absolute atomic E-state index is 13.9. The van der Waals surface area contributed by atoms with Gasteiger partial charge in [0, 0.05) is 30.7 Å². The van der Waals surface area contributed by atoms with Crippen LogP contribution in [0.25, 0.3) is 33.5 Å². The van der Waals surface area contributed by atoms with Gasteiger partial charge in [0.1, 0.15) is 23.4 Å². The molecule has 12 nitrogen and oxygen atoms in total. The lowest BCUT2D eigenvalue weighted by molar-refractivity contribution is 0.485. The first-order chi connectivity index (χ1) is 19.0. The predicted octanol–water partition coefficient (Wildman–Crippen LogP) is 3.43. The second kappa shape index (κ2) is 8.88. The minimum atomic E-state index is -0.285. The van der Waals surface area contributed by atoms with Gasteiger partial charge in [0.05, 0.1) is 22.1 Å². The summed E-state index contributed by atoms with van der Waals surface area (Å²) >= 11 is 6.41. The molecule has 2 atom stereocenters. The van der Waals surface area contributed by atoms with Crippen molar-refractivity contribution in [2.24, 2.45) is 5.92 Å². The molecule has 194 valence electrons. The van der Waals surface area contributed by atoms with Gasteiger partial charge in [-0.25, -0.2) is 24.5 Å². The molecule has 3 N–H and O–H groups in total. The van der Waals surface area contributed by atoms with E-state index in [1.807, 2.05) is 30.3 Å². The number of aromatic amines is 1. The standard InChI is InChI=1S/C26H22ClN11O/c1-14-7-9-36(23-18-19(15-11-29-26(28)30-12-15)33-34-22(18)31-13-32-23)20(14)24-35-37-10-8-17(27)21(37)25(39)38(24)16-5-3-2-4-6-16/h2-6,8,10-14,20H,7,9H2,1H3,(H2,28,29,30)(H,31,32,33,34)/t14-,20-/m0/s1. The number of benzene rings is 1. The molecule has 0 spiro atoms. The highest BCUT2D eigenvalue weighted by Crippen LogP contribution is 2.42. The van der Waals surface area contributed by atoms with Gasteiger partial charge in [-0.05, 0) is 30.5 Å². The van der Waals surface area contributed by atoms with Gasteiger partial charge in [-0.2, -0.15) is 10.2 Å². The Morgan fingerprint density at radius 1 is 1.08 bits per heavy atom. The van der Waals surface area contributed by atoms with E-state index in [4.69, 9.17) is 27.4 Å². The third kappa shape index (κ3) is 3.63. The summed E-state index contributed by atoms with van der Waals surface area (Å²) < 4.78 is 3.22. The highest BCUT2D eigenvalue weighted by Gasteiger charge is 2.39. The predicted molar refractivity (Wildman–Crippen MR) is 147 cm³/mol. The zero-order valence-corrected chi connectivity index (χ0v) is 21.5. The van der Waals surface area contributed by atoms with Crippen LogP contribution in [0.4, 0.5) is 11.8 Å². The largest absolute Gasteiger partial charge is 0.368 e. The van der Waals surface area contributed by atoms with Crippen LogP contribution in [0.1, 0.15) is 25.2 Å². The Kier molecular flexibility index (Phi) is 5.30. The normalized spacial score (nSPS) is 17.4. The first kappa shape index (κ1) is 23.3. The van der Waals surface area contributed by atoms with E-state index < -0.39 is 0 Å². The molecule has 6 aromatic rings. The Labute approximate surface area is 226 Å². The van der Waals surface area contributed by atoms with Crippen LogP contribution in [0.5, 0.6) is 0 Å². The van der Waals surface area contributed by atoms with Gasteiger partial charge in [-0.3, -0.25) is 14.5 Å². The van der Waals surface area contributed by atoms with E-state index in [1.54, 1.807) is 33.7 Å². The van der Waals surface area contributed by atoms with E-state index in [2.05, 4.69) is 37.0 Å². The number of halogens is 1. The molecule has 0 saturated carbocycles. The number of nitrogens with two attached hydrogens (primary N) is 1. The second-order valence-corrected chi connectivity index (χ2v) is 9.93. The molecule has 1 aliphatic heterocycles. The fraction of sp³-hybridized carbons (Fsp3) is 0.192. The lowest BCUT2D eigenvalue weighted by atomic mass is 10.0. The summed E-state index contributed by atoms with van der Waals surface area (Å²) in [6.07, 6.45) is 7.32. The van der Waals surface area contributed by atoms with Gasteiger partial charge in [0.25, 0.3) is 5.56 Å². The second-order valence-electron chi connectivity index (χ2n) is 9.52. The third-order valence-corrected chi connectivity index (χ3v) is 7.50. The average molecular weight is 540 g/mol. The molecule has 1 fully saturated rings. The summed E-state index contributed by atoms with van der Waals surface area (Å²) in [6.45, 7) is 2.84. The molecular formula is C26H22ClN11O. The van der Waals surface area contributed by atoms with E-state index >= 15 is 0 Å². The summed E-state index contributed by atoms with van der Waals surface area (Å²) in [4.78, 5) is 33.5. The summed E-state index contributed by atoms with van der Waals surface area (Å²) in [5.74, 6) is 1.59. The zero-order chi connectivity index (χ0) is 26.7. The van der Waals surface area contributed by atoms with Crippen LogP contribution in [0, 0.1) is 5.92 Å². The number of H-pyrrole nitrogens is 1. The smallest absolute Gasteiger partial charge is 0.284 e. The van der Waals surface area contributed by atoms with Crippen molar-refractivity contribution in [2.75, 3.05) is 17.2 Å². The molecule has 0 bridgehead atoms. The number of hydrogen-bond donors (Lipinski definition) is 2. The topological polar surface area (TPSA) is 149 Å². The number of anilines is 2. The molecule has 0 aliphatic carbocycles. The summed E-state index contributed by atoms with van der Waals surface area (Å²) in [7, 11) is 0. The molecule has 1 aromatic carbocycles. The fourth-order valence-corrected chi connectivity index (χ4v) is 5.60. The first-order valence-corrected chi connectivity index (χ1v) is 12.8. The van der Waals surface area contributed by atoms with E-state index in [1.165, 1.54) is 6.33 Å². The Morgan fingerprint density at radius 2 is 1.87 bits per heavy atom. The molecule has 0 amide bonds. The molecular weight excluding hydrogens is 518 g/mol.